The van der Waals surface area contributed by atoms with Gasteiger partial charge in [0.25, 0.3) is 0 Å². The van der Waals surface area contributed by atoms with E-state index in [2.05, 4.69) is 32.0 Å². The molecule has 0 fully saturated rings. The van der Waals surface area contributed by atoms with E-state index in [1.54, 1.807) is 0 Å². The molecule has 0 saturated heterocycles. The number of carboxylic acid groups (broad SMARTS) is 1. The fourth-order valence-electron chi connectivity index (χ4n) is 1.78. The topological polar surface area (TPSA) is 63.3 Å². The first kappa shape index (κ1) is 14.1. The van der Waals surface area contributed by atoms with Gasteiger partial charge in [-0.15, -0.1) is 11.8 Å². The quantitative estimate of drug-likeness (QED) is 0.817. The normalized spacial score (nSPS) is 12.4. The van der Waals surface area contributed by atoms with Crippen LogP contribution >= 0.6 is 11.8 Å². The Balaban J connectivity index is 2.61. The molecule has 0 saturated carbocycles. The minimum atomic E-state index is -0.773. The van der Waals surface area contributed by atoms with Crippen molar-refractivity contribution in [2.45, 2.75) is 31.3 Å². The van der Waals surface area contributed by atoms with Crippen LogP contribution < -0.4 is 5.73 Å². The number of aryl methyl sites for hydroxylation is 2. The zero-order valence-corrected chi connectivity index (χ0v) is 11.1. The third-order valence-electron chi connectivity index (χ3n) is 2.44. The third-order valence-corrected chi connectivity index (χ3v) is 3.78. The van der Waals surface area contributed by atoms with Crippen LogP contribution in [0.3, 0.4) is 0 Å². The lowest BCUT2D eigenvalue weighted by Gasteiger charge is -2.11. The predicted molar refractivity (Wildman–Crippen MR) is 72.3 cm³/mol. The number of aliphatic carboxylic acids is 1. The Morgan fingerprint density at radius 2 is 1.94 bits per heavy atom. The molecule has 3 N–H and O–H groups in total. The SMILES string of the molecule is Cc1cc(C)cc(CSC(CCN)C(=O)O)c1. The van der Waals surface area contributed by atoms with Gasteiger partial charge in [0.15, 0.2) is 0 Å². The molecule has 0 amide bonds. The first-order valence-corrected chi connectivity index (χ1v) is 6.69. The standard InChI is InChI=1S/C13H19NO2S/c1-9-5-10(2)7-11(6-9)8-17-12(3-4-14)13(15)16/h5-7,12H,3-4,8,14H2,1-2H3,(H,15,16). The summed E-state index contributed by atoms with van der Waals surface area (Å²) in [4.78, 5) is 11.0. The van der Waals surface area contributed by atoms with Crippen LogP contribution in [-0.4, -0.2) is 22.9 Å². The van der Waals surface area contributed by atoms with E-state index < -0.39 is 11.2 Å². The van der Waals surface area contributed by atoms with Gasteiger partial charge in [0, 0.05) is 5.75 Å². The molecule has 3 nitrogen and oxygen atoms in total. The van der Waals surface area contributed by atoms with Gasteiger partial charge in [-0.2, -0.15) is 0 Å². The molecule has 1 atom stereocenters. The lowest BCUT2D eigenvalue weighted by atomic mass is 10.1. The molecular formula is C13H19NO2S. The number of rotatable bonds is 6. The van der Waals surface area contributed by atoms with E-state index in [-0.39, 0.29) is 0 Å². The van der Waals surface area contributed by atoms with Crippen molar-refractivity contribution >= 4 is 17.7 Å². The second-order valence-corrected chi connectivity index (χ2v) is 5.40. The van der Waals surface area contributed by atoms with Crippen molar-refractivity contribution in [1.82, 2.24) is 0 Å². The Hall–Kier alpha value is -1.00. The van der Waals surface area contributed by atoms with Gasteiger partial charge in [0.2, 0.25) is 0 Å². The maximum atomic E-state index is 11.0. The summed E-state index contributed by atoms with van der Waals surface area (Å²) in [7, 11) is 0. The Kier molecular flexibility index (Phi) is 5.51. The van der Waals surface area contributed by atoms with Gasteiger partial charge >= 0.3 is 5.97 Å². The summed E-state index contributed by atoms with van der Waals surface area (Å²) in [5.74, 6) is -0.0516. The van der Waals surface area contributed by atoms with Gasteiger partial charge in [-0.3, -0.25) is 4.79 Å². The van der Waals surface area contributed by atoms with Crippen LogP contribution in [0, 0.1) is 13.8 Å². The average Bonchev–Trinajstić information content (AvgIpc) is 2.22. The number of hydrogen-bond donors (Lipinski definition) is 2. The van der Waals surface area contributed by atoms with Gasteiger partial charge in [-0.25, -0.2) is 0 Å². The van der Waals surface area contributed by atoms with Crippen LogP contribution in [-0.2, 0) is 10.5 Å². The summed E-state index contributed by atoms with van der Waals surface area (Å²) in [6.45, 7) is 4.52. The van der Waals surface area contributed by atoms with Crippen LogP contribution in [0.25, 0.3) is 0 Å². The molecule has 0 aliphatic rings. The molecule has 0 radical (unpaired) electrons. The van der Waals surface area contributed by atoms with Crippen LogP contribution in [0.4, 0.5) is 0 Å². The van der Waals surface area contributed by atoms with Crippen molar-refractivity contribution in [3.63, 3.8) is 0 Å². The van der Waals surface area contributed by atoms with Gasteiger partial charge in [0.05, 0.1) is 0 Å². The molecular weight excluding hydrogens is 234 g/mol. The summed E-state index contributed by atoms with van der Waals surface area (Å²) >= 11 is 1.45. The Morgan fingerprint density at radius 1 is 1.35 bits per heavy atom. The largest absolute Gasteiger partial charge is 0.480 e. The van der Waals surface area contributed by atoms with E-state index in [9.17, 15) is 4.79 Å². The number of carboxylic acids is 1. The zero-order valence-electron chi connectivity index (χ0n) is 10.3. The molecule has 1 aromatic rings. The van der Waals surface area contributed by atoms with Crippen molar-refractivity contribution in [3.8, 4) is 0 Å². The van der Waals surface area contributed by atoms with Crippen molar-refractivity contribution in [2.24, 2.45) is 5.73 Å². The number of nitrogens with two attached hydrogens (primary N) is 1. The molecule has 0 spiro atoms. The predicted octanol–water partition coefficient (Wildman–Crippen LogP) is 2.34. The highest BCUT2D eigenvalue weighted by atomic mass is 32.2. The number of thioether (sulfide) groups is 1. The van der Waals surface area contributed by atoms with Crippen LogP contribution in [0.5, 0.6) is 0 Å². The lowest BCUT2D eigenvalue weighted by molar-refractivity contribution is -0.136. The van der Waals surface area contributed by atoms with E-state index in [0.29, 0.717) is 13.0 Å². The van der Waals surface area contributed by atoms with Crippen LogP contribution in [0.2, 0.25) is 0 Å². The maximum Gasteiger partial charge on any atom is 0.316 e. The van der Waals surface area contributed by atoms with Gasteiger partial charge in [-0.05, 0) is 32.4 Å². The fraction of sp³-hybridized carbons (Fsp3) is 0.462. The van der Waals surface area contributed by atoms with E-state index in [1.807, 2.05) is 0 Å². The van der Waals surface area contributed by atoms with Crippen LogP contribution in [0.1, 0.15) is 23.1 Å². The molecule has 1 unspecified atom stereocenters. The molecule has 0 heterocycles. The van der Waals surface area contributed by atoms with Crippen molar-refractivity contribution in [1.29, 1.82) is 0 Å². The first-order chi connectivity index (χ1) is 8.02. The smallest absolute Gasteiger partial charge is 0.316 e. The number of benzene rings is 1. The van der Waals surface area contributed by atoms with E-state index in [1.165, 1.54) is 28.5 Å². The monoisotopic (exact) mass is 253 g/mol. The molecule has 0 aliphatic carbocycles. The Labute approximate surface area is 106 Å². The van der Waals surface area contributed by atoms with Crippen molar-refractivity contribution in [3.05, 3.63) is 34.9 Å². The average molecular weight is 253 g/mol. The Morgan fingerprint density at radius 3 is 2.41 bits per heavy atom. The minimum Gasteiger partial charge on any atom is -0.480 e. The highest BCUT2D eigenvalue weighted by Gasteiger charge is 2.16. The van der Waals surface area contributed by atoms with E-state index in [0.717, 1.165) is 5.75 Å². The molecule has 94 valence electrons. The zero-order chi connectivity index (χ0) is 12.8. The molecule has 17 heavy (non-hydrogen) atoms. The van der Waals surface area contributed by atoms with Crippen molar-refractivity contribution < 1.29 is 9.90 Å². The Bertz CT molecular complexity index is 373. The third kappa shape index (κ3) is 4.79. The molecule has 4 heteroatoms. The molecule has 1 rings (SSSR count). The number of carbonyl (C=O) groups is 1. The second-order valence-electron chi connectivity index (χ2n) is 4.21. The van der Waals surface area contributed by atoms with Gasteiger partial charge in [-0.1, -0.05) is 29.3 Å². The maximum absolute atomic E-state index is 11.0. The highest BCUT2D eigenvalue weighted by Crippen LogP contribution is 2.21. The molecule has 0 aromatic heterocycles. The van der Waals surface area contributed by atoms with Crippen LogP contribution in [0.15, 0.2) is 18.2 Å². The van der Waals surface area contributed by atoms with Gasteiger partial charge in [0.1, 0.15) is 5.25 Å². The number of hydrogen-bond acceptors (Lipinski definition) is 3. The summed E-state index contributed by atoms with van der Waals surface area (Å²) in [6.07, 6.45) is 0.519. The second kappa shape index (κ2) is 6.67. The fourth-order valence-corrected chi connectivity index (χ4v) is 2.78. The lowest BCUT2D eigenvalue weighted by Crippen LogP contribution is -2.20. The summed E-state index contributed by atoms with van der Waals surface area (Å²) in [5.41, 5.74) is 9.01. The minimum absolute atomic E-state index is 0.402. The summed E-state index contributed by atoms with van der Waals surface area (Å²) in [5, 5.41) is 8.61. The van der Waals surface area contributed by atoms with E-state index >= 15 is 0 Å². The van der Waals surface area contributed by atoms with Gasteiger partial charge < -0.3 is 10.8 Å². The molecule has 0 aliphatic heterocycles. The molecule has 1 aromatic carbocycles. The van der Waals surface area contributed by atoms with Crippen molar-refractivity contribution in [2.75, 3.05) is 6.54 Å². The molecule has 0 bridgehead atoms. The summed E-state index contributed by atoms with van der Waals surface area (Å²) < 4.78 is 0. The van der Waals surface area contributed by atoms with E-state index in [4.69, 9.17) is 10.8 Å². The highest BCUT2D eigenvalue weighted by molar-refractivity contribution is 7.99. The first-order valence-electron chi connectivity index (χ1n) is 5.64. The summed E-state index contributed by atoms with van der Waals surface area (Å²) in [6, 6.07) is 6.31.